The molecular formula is C14H18F3NO2. The maximum Gasteiger partial charge on any atom is 0.416 e. The van der Waals surface area contributed by atoms with Crippen molar-refractivity contribution in [1.29, 1.82) is 0 Å². The Morgan fingerprint density at radius 1 is 1.25 bits per heavy atom. The molecule has 0 saturated carbocycles. The van der Waals surface area contributed by atoms with E-state index in [0.29, 0.717) is 37.1 Å². The zero-order valence-electron chi connectivity index (χ0n) is 11.1. The van der Waals surface area contributed by atoms with Gasteiger partial charge in [0.25, 0.3) is 0 Å². The van der Waals surface area contributed by atoms with Gasteiger partial charge in [-0.05, 0) is 37.0 Å². The van der Waals surface area contributed by atoms with E-state index in [0.717, 1.165) is 25.0 Å². The lowest BCUT2D eigenvalue weighted by Gasteiger charge is -2.23. The Bertz CT molecular complexity index is 443. The summed E-state index contributed by atoms with van der Waals surface area (Å²) in [6.45, 7) is 1.93. The highest BCUT2D eigenvalue weighted by atomic mass is 19.4. The quantitative estimate of drug-likeness (QED) is 0.926. The summed E-state index contributed by atoms with van der Waals surface area (Å²) in [7, 11) is 0. The molecule has 20 heavy (non-hydrogen) atoms. The van der Waals surface area contributed by atoms with Crippen LogP contribution in [-0.4, -0.2) is 19.8 Å². The first-order chi connectivity index (χ1) is 9.50. The molecule has 0 spiro atoms. The van der Waals surface area contributed by atoms with Gasteiger partial charge in [-0.15, -0.1) is 0 Å². The van der Waals surface area contributed by atoms with Gasteiger partial charge in [0.2, 0.25) is 0 Å². The van der Waals surface area contributed by atoms with Gasteiger partial charge in [-0.1, -0.05) is 0 Å². The highest BCUT2D eigenvalue weighted by Crippen LogP contribution is 2.32. The molecule has 1 aliphatic rings. The molecule has 0 aliphatic carbocycles. The van der Waals surface area contributed by atoms with Crippen molar-refractivity contribution in [2.24, 2.45) is 11.7 Å². The molecule has 1 heterocycles. The summed E-state index contributed by atoms with van der Waals surface area (Å²) in [6, 6.07) is 3.43. The lowest BCUT2D eigenvalue weighted by atomic mass is 10.0. The van der Waals surface area contributed by atoms with Crippen molar-refractivity contribution in [3.05, 3.63) is 29.3 Å². The molecule has 0 unspecified atom stereocenters. The average Bonchev–Trinajstić information content (AvgIpc) is 2.45. The Morgan fingerprint density at radius 3 is 2.55 bits per heavy atom. The molecule has 3 nitrogen and oxygen atoms in total. The molecule has 112 valence electrons. The molecule has 2 N–H and O–H groups in total. The van der Waals surface area contributed by atoms with Crippen LogP contribution in [0.3, 0.4) is 0 Å². The van der Waals surface area contributed by atoms with Crippen molar-refractivity contribution >= 4 is 0 Å². The third-order valence-electron chi connectivity index (χ3n) is 3.42. The SMILES string of the molecule is NCc1cc(C(F)(F)F)ccc1OCC1CCOCC1. The molecule has 6 heteroatoms. The minimum atomic E-state index is -4.36. The Hall–Kier alpha value is -1.27. The zero-order chi connectivity index (χ0) is 14.6. The molecular weight excluding hydrogens is 271 g/mol. The number of nitrogens with two attached hydrogens (primary N) is 1. The van der Waals surface area contributed by atoms with Crippen molar-refractivity contribution in [2.45, 2.75) is 25.6 Å². The fourth-order valence-corrected chi connectivity index (χ4v) is 2.18. The molecule has 0 aromatic heterocycles. The summed E-state index contributed by atoms with van der Waals surface area (Å²) in [6.07, 6.45) is -2.53. The van der Waals surface area contributed by atoms with Crippen molar-refractivity contribution < 1.29 is 22.6 Å². The molecule has 0 atom stereocenters. The predicted octanol–water partition coefficient (Wildman–Crippen LogP) is 2.97. The van der Waals surface area contributed by atoms with Gasteiger partial charge in [-0.2, -0.15) is 13.2 Å². The maximum absolute atomic E-state index is 12.6. The third kappa shape index (κ3) is 3.86. The number of ether oxygens (including phenoxy) is 2. The molecule has 2 rings (SSSR count). The number of benzene rings is 1. The van der Waals surface area contributed by atoms with E-state index >= 15 is 0 Å². The molecule has 0 bridgehead atoms. The van der Waals surface area contributed by atoms with Crippen LogP contribution >= 0.6 is 0 Å². The van der Waals surface area contributed by atoms with Gasteiger partial charge in [-0.3, -0.25) is 0 Å². The van der Waals surface area contributed by atoms with E-state index in [2.05, 4.69) is 0 Å². The second-order valence-corrected chi connectivity index (χ2v) is 4.89. The molecule has 0 amide bonds. The fraction of sp³-hybridized carbons (Fsp3) is 0.571. The molecule has 1 fully saturated rings. The van der Waals surface area contributed by atoms with Crippen LogP contribution in [0.2, 0.25) is 0 Å². The smallest absolute Gasteiger partial charge is 0.416 e. The fourth-order valence-electron chi connectivity index (χ4n) is 2.18. The summed E-state index contributed by atoms with van der Waals surface area (Å²) in [5, 5.41) is 0. The summed E-state index contributed by atoms with van der Waals surface area (Å²) >= 11 is 0. The lowest BCUT2D eigenvalue weighted by molar-refractivity contribution is -0.137. The summed E-state index contributed by atoms with van der Waals surface area (Å²) in [5.74, 6) is 0.823. The van der Waals surface area contributed by atoms with Crippen LogP contribution in [0.15, 0.2) is 18.2 Å². The molecule has 1 saturated heterocycles. The summed E-state index contributed by atoms with van der Waals surface area (Å²) in [5.41, 5.74) is 5.19. The summed E-state index contributed by atoms with van der Waals surface area (Å²) < 4.78 is 48.7. The average molecular weight is 289 g/mol. The minimum absolute atomic E-state index is 0.0209. The Balaban J connectivity index is 2.03. The lowest BCUT2D eigenvalue weighted by Crippen LogP contribution is -2.22. The molecule has 1 aliphatic heterocycles. The van der Waals surface area contributed by atoms with E-state index in [1.165, 1.54) is 6.07 Å². The number of hydrogen-bond acceptors (Lipinski definition) is 3. The van der Waals surface area contributed by atoms with Gasteiger partial charge >= 0.3 is 6.18 Å². The van der Waals surface area contributed by atoms with Gasteiger partial charge in [0.1, 0.15) is 5.75 Å². The third-order valence-corrected chi connectivity index (χ3v) is 3.42. The van der Waals surface area contributed by atoms with Gasteiger partial charge in [-0.25, -0.2) is 0 Å². The Kier molecular flexibility index (Phi) is 4.88. The largest absolute Gasteiger partial charge is 0.493 e. The second-order valence-electron chi connectivity index (χ2n) is 4.89. The monoisotopic (exact) mass is 289 g/mol. The van der Waals surface area contributed by atoms with E-state index < -0.39 is 11.7 Å². The second kappa shape index (κ2) is 6.45. The van der Waals surface area contributed by atoms with E-state index in [4.69, 9.17) is 15.2 Å². The van der Waals surface area contributed by atoms with Crippen molar-refractivity contribution in [3.8, 4) is 5.75 Å². The van der Waals surface area contributed by atoms with Crippen molar-refractivity contribution in [1.82, 2.24) is 0 Å². The van der Waals surface area contributed by atoms with E-state index in [1.807, 2.05) is 0 Å². The van der Waals surface area contributed by atoms with Gasteiger partial charge in [0, 0.05) is 25.3 Å². The first-order valence-electron chi connectivity index (χ1n) is 6.61. The van der Waals surface area contributed by atoms with Gasteiger partial charge in [0.05, 0.1) is 12.2 Å². The number of halogens is 3. The van der Waals surface area contributed by atoms with Crippen LogP contribution in [0, 0.1) is 5.92 Å². The highest BCUT2D eigenvalue weighted by molar-refractivity contribution is 5.38. The minimum Gasteiger partial charge on any atom is -0.493 e. The molecule has 0 radical (unpaired) electrons. The predicted molar refractivity (Wildman–Crippen MR) is 68.4 cm³/mol. The van der Waals surface area contributed by atoms with Crippen molar-refractivity contribution in [2.75, 3.05) is 19.8 Å². The van der Waals surface area contributed by atoms with E-state index in [-0.39, 0.29) is 6.54 Å². The maximum atomic E-state index is 12.6. The van der Waals surface area contributed by atoms with Crippen LogP contribution < -0.4 is 10.5 Å². The number of rotatable bonds is 4. The standard InChI is InChI=1S/C14H18F3NO2/c15-14(16,17)12-1-2-13(11(7-12)8-18)20-9-10-3-5-19-6-4-10/h1-2,7,10H,3-6,8-9,18H2. The van der Waals surface area contributed by atoms with Crippen LogP contribution in [0.25, 0.3) is 0 Å². The van der Waals surface area contributed by atoms with Gasteiger partial charge in [0.15, 0.2) is 0 Å². The number of hydrogen-bond donors (Lipinski definition) is 1. The van der Waals surface area contributed by atoms with E-state index in [9.17, 15) is 13.2 Å². The highest BCUT2D eigenvalue weighted by Gasteiger charge is 2.31. The summed E-state index contributed by atoms with van der Waals surface area (Å²) in [4.78, 5) is 0. The first-order valence-corrected chi connectivity index (χ1v) is 6.61. The van der Waals surface area contributed by atoms with Crippen LogP contribution in [0.4, 0.5) is 13.2 Å². The van der Waals surface area contributed by atoms with Crippen LogP contribution in [0.5, 0.6) is 5.75 Å². The zero-order valence-corrected chi connectivity index (χ0v) is 11.1. The van der Waals surface area contributed by atoms with Crippen LogP contribution in [-0.2, 0) is 17.5 Å². The van der Waals surface area contributed by atoms with Gasteiger partial charge < -0.3 is 15.2 Å². The molecule has 1 aromatic carbocycles. The van der Waals surface area contributed by atoms with E-state index in [1.54, 1.807) is 0 Å². The molecule has 1 aromatic rings. The Morgan fingerprint density at radius 2 is 1.95 bits per heavy atom. The topological polar surface area (TPSA) is 44.5 Å². The Labute approximate surface area is 115 Å². The first kappa shape index (κ1) is 15.1. The normalized spacial score (nSPS) is 17.2. The van der Waals surface area contributed by atoms with Crippen molar-refractivity contribution in [3.63, 3.8) is 0 Å². The number of alkyl halides is 3. The van der Waals surface area contributed by atoms with Crippen LogP contribution in [0.1, 0.15) is 24.0 Å².